The average molecular weight is 290 g/mol. The molecule has 1 aliphatic heterocycles. The fourth-order valence-electron chi connectivity index (χ4n) is 2.74. The molecule has 1 fully saturated rings. The number of carbonyl (C=O) groups excluding carboxylic acids is 1. The number of hydrogen-bond acceptors (Lipinski definition) is 3. The summed E-state index contributed by atoms with van der Waals surface area (Å²) < 4.78 is 0. The SMILES string of the molecule is CN(C)c1ccc(CCC(=O)N2CCC(CO)CC2)cc1. The van der Waals surface area contributed by atoms with E-state index in [1.807, 2.05) is 19.0 Å². The van der Waals surface area contributed by atoms with Crippen LogP contribution in [0.25, 0.3) is 0 Å². The number of aryl methyl sites for hydroxylation is 1. The lowest BCUT2D eigenvalue weighted by atomic mass is 9.97. The van der Waals surface area contributed by atoms with Crippen LogP contribution in [0.1, 0.15) is 24.8 Å². The number of rotatable bonds is 5. The molecule has 0 atom stereocenters. The Kier molecular flexibility index (Phi) is 5.62. The van der Waals surface area contributed by atoms with Crippen molar-refractivity contribution < 1.29 is 9.90 Å². The highest BCUT2D eigenvalue weighted by atomic mass is 16.3. The molecule has 0 aromatic heterocycles. The van der Waals surface area contributed by atoms with Crippen LogP contribution in [0.2, 0.25) is 0 Å². The molecule has 21 heavy (non-hydrogen) atoms. The average Bonchev–Trinajstić information content (AvgIpc) is 2.53. The Morgan fingerprint density at radius 1 is 1.24 bits per heavy atom. The fraction of sp³-hybridized carbons (Fsp3) is 0.588. The third-order valence-corrected chi connectivity index (χ3v) is 4.31. The molecule has 1 heterocycles. The zero-order valence-electron chi connectivity index (χ0n) is 13.1. The van der Waals surface area contributed by atoms with Gasteiger partial charge in [0.15, 0.2) is 0 Å². The molecule has 0 bridgehead atoms. The summed E-state index contributed by atoms with van der Waals surface area (Å²) >= 11 is 0. The third kappa shape index (κ3) is 4.46. The number of aliphatic hydroxyl groups is 1. The molecule has 1 aromatic rings. The van der Waals surface area contributed by atoms with Crippen molar-refractivity contribution in [3.63, 3.8) is 0 Å². The van der Waals surface area contributed by atoms with E-state index in [0.29, 0.717) is 12.3 Å². The molecular weight excluding hydrogens is 264 g/mol. The summed E-state index contributed by atoms with van der Waals surface area (Å²) in [6.45, 7) is 1.84. The van der Waals surface area contributed by atoms with Crippen molar-refractivity contribution in [1.29, 1.82) is 0 Å². The second kappa shape index (κ2) is 7.46. The highest BCUT2D eigenvalue weighted by molar-refractivity contribution is 5.76. The van der Waals surface area contributed by atoms with Crippen LogP contribution in [0.3, 0.4) is 0 Å². The van der Waals surface area contributed by atoms with Crippen molar-refractivity contribution in [2.75, 3.05) is 38.7 Å². The van der Waals surface area contributed by atoms with E-state index in [4.69, 9.17) is 5.11 Å². The van der Waals surface area contributed by atoms with Gasteiger partial charge in [-0.05, 0) is 42.9 Å². The summed E-state index contributed by atoms with van der Waals surface area (Å²) in [6, 6.07) is 8.38. The van der Waals surface area contributed by atoms with Crippen LogP contribution in [0.15, 0.2) is 24.3 Å². The largest absolute Gasteiger partial charge is 0.396 e. The van der Waals surface area contributed by atoms with Gasteiger partial charge in [0.25, 0.3) is 0 Å². The van der Waals surface area contributed by atoms with Gasteiger partial charge in [-0.15, -0.1) is 0 Å². The minimum Gasteiger partial charge on any atom is -0.396 e. The number of amides is 1. The molecule has 2 rings (SSSR count). The summed E-state index contributed by atoms with van der Waals surface area (Å²) in [5.74, 6) is 0.621. The molecule has 0 unspecified atom stereocenters. The zero-order chi connectivity index (χ0) is 15.2. The minimum absolute atomic E-state index is 0.239. The molecule has 1 N–H and O–H groups in total. The molecule has 1 saturated heterocycles. The highest BCUT2D eigenvalue weighted by Crippen LogP contribution is 2.18. The smallest absolute Gasteiger partial charge is 0.222 e. The number of hydrogen-bond donors (Lipinski definition) is 1. The van der Waals surface area contributed by atoms with E-state index in [2.05, 4.69) is 29.2 Å². The van der Waals surface area contributed by atoms with Crippen molar-refractivity contribution in [3.05, 3.63) is 29.8 Å². The lowest BCUT2D eigenvalue weighted by Gasteiger charge is -2.31. The molecule has 1 amide bonds. The summed E-state index contributed by atoms with van der Waals surface area (Å²) in [5, 5.41) is 9.12. The lowest BCUT2D eigenvalue weighted by Crippen LogP contribution is -2.39. The number of benzene rings is 1. The number of anilines is 1. The Balaban J connectivity index is 1.78. The van der Waals surface area contributed by atoms with Crippen molar-refractivity contribution >= 4 is 11.6 Å². The molecule has 1 aliphatic rings. The standard InChI is InChI=1S/C17H26N2O2/c1-18(2)16-6-3-14(4-7-16)5-8-17(21)19-11-9-15(13-20)10-12-19/h3-4,6-7,15,20H,5,8-13H2,1-2H3. The normalized spacial score (nSPS) is 16.0. The molecule has 4 nitrogen and oxygen atoms in total. The van der Waals surface area contributed by atoms with Gasteiger partial charge in [-0.1, -0.05) is 12.1 Å². The van der Waals surface area contributed by atoms with E-state index in [-0.39, 0.29) is 12.5 Å². The molecule has 116 valence electrons. The Labute approximate surface area is 127 Å². The molecule has 0 saturated carbocycles. The minimum atomic E-state index is 0.239. The quantitative estimate of drug-likeness (QED) is 0.901. The van der Waals surface area contributed by atoms with E-state index < -0.39 is 0 Å². The molecule has 0 aliphatic carbocycles. The first-order valence-corrected chi connectivity index (χ1v) is 7.75. The number of likely N-dealkylation sites (tertiary alicyclic amines) is 1. The highest BCUT2D eigenvalue weighted by Gasteiger charge is 2.21. The Morgan fingerprint density at radius 2 is 1.86 bits per heavy atom. The summed E-state index contributed by atoms with van der Waals surface area (Å²) in [7, 11) is 4.04. The van der Waals surface area contributed by atoms with Gasteiger partial charge in [-0.25, -0.2) is 0 Å². The predicted octanol–water partition coefficient (Wildman–Crippen LogP) is 1.92. The number of piperidine rings is 1. The van der Waals surface area contributed by atoms with Crippen molar-refractivity contribution in [3.8, 4) is 0 Å². The van der Waals surface area contributed by atoms with Gasteiger partial charge in [-0.2, -0.15) is 0 Å². The van der Waals surface area contributed by atoms with Gasteiger partial charge < -0.3 is 14.9 Å². The first-order valence-electron chi connectivity index (χ1n) is 7.75. The number of aliphatic hydroxyl groups excluding tert-OH is 1. The maximum Gasteiger partial charge on any atom is 0.222 e. The third-order valence-electron chi connectivity index (χ3n) is 4.31. The molecule has 4 heteroatoms. The van der Waals surface area contributed by atoms with Gasteiger partial charge in [0.1, 0.15) is 0 Å². The van der Waals surface area contributed by atoms with Crippen molar-refractivity contribution in [2.45, 2.75) is 25.7 Å². The van der Waals surface area contributed by atoms with E-state index in [1.165, 1.54) is 11.3 Å². The van der Waals surface area contributed by atoms with E-state index in [9.17, 15) is 4.79 Å². The zero-order valence-corrected chi connectivity index (χ0v) is 13.1. The summed E-state index contributed by atoms with van der Waals surface area (Å²) in [6.07, 6.45) is 3.23. The van der Waals surface area contributed by atoms with Crippen LogP contribution in [-0.4, -0.2) is 49.7 Å². The maximum atomic E-state index is 12.2. The number of nitrogens with zero attached hydrogens (tertiary/aromatic N) is 2. The van der Waals surface area contributed by atoms with Crippen LogP contribution < -0.4 is 4.90 Å². The van der Waals surface area contributed by atoms with Gasteiger partial charge >= 0.3 is 0 Å². The predicted molar refractivity (Wildman–Crippen MR) is 85.5 cm³/mol. The van der Waals surface area contributed by atoms with Crippen LogP contribution in [0.5, 0.6) is 0 Å². The fourth-order valence-corrected chi connectivity index (χ4v) is 2.74. The van der Waals surface area contributed by atoms with Crippen LogP contribution in [-0.2, 0) is 11.2 Å². The monoisotopic (exact) mass is 290 g/mol. The van der Waals surface area contributed by atoms with Gasteiger partial charge in [0.05, 0.1) is 0 Å². The van der Waals surface area contributed by atoms with E-state index in [0.717, 1.165) is 32.4 Å². The van der Waals surface area contributed by atoms with Gasteiger partial charge in [0.2, 0.25) is 5.91 Å². The molecule has 1 aromatic carbocycles. The van der Waals surface area contributed by atoms with Crippen molar-refractivity contribution in [2.24, 2.45) is 5.92 Å². The Hall–Kier alpha value is -1.55. The summed E-state index contributed by atoms with van der Waals surface area (Å²) in [4.78, 5) is 16.2. The molecule has 0 spiro atoms. The van der Waals surface area contributed by atoms with E-state index in [1.54, 1.807) is 0 Å². The molecular formula is C17H26N2O2. The number of carbonyl (C=O) groups is 1. The first-order chi connectivity index (χ1) is 10.1. The van der Waals surface area contributed by atoms with Crippen LogP contribution in [0.4, 0.5) is 5.69 Å². The van der Waals surface area contributed by atoms with Gasteiger partial charge in [-0.3, -0.25) is 4.79 Å². The summed E-state index contributed by atoms with van der Waals surface area (Å²) in [5.41, 5.74) is 2.38. The molecule has 0 radical (unpaired) electrons. The Bertz CT molecular complexity index is 448. The van der Waals surface area contributed by atoms with Crippen LogP contribution >= 0.6 is 0 Å². The van der Waals surface area contributed by atoms with Gasteiger partial charge in [0, 0.05) is 45.9 Å². The maximum absolute atomic E-state index is 12.2. The van der Waals surface area contributed by atoms with Crippen LogP contribution in [0, 0.1) is 5.92 Å². The lowest BCUT2D eigenvalue weighted by molar-refractivity contribution is -0.132. The second-order valence-electron chi connectivity index (χ2n) is 6.07. The van der Waals surface area contributed by atoms with E-state index >= 15 is 0 Å². The van der Waals surface area contributed by atoms with Crippen molar-refractivity contribution in [1.82, 2.24) is 4.90 Å². The second-order valence-corrected chi connectivity index (χ2v) is 6.07. The topological polar surface area (TPSA) is 43.8 Å². The first kappa shape index (κ1) is 15.8. The Morgan fingerprint density at radius 3 is 2.38 bits per heavy atom.